The van der Waals surface area contributed by atoms with E-state index < -0.39 is 0 Å². The fourth-order valence-electron chi connectivity index (χ4n) is 4.65. The number of aromatic nitrogens is 1. The molecule has 1 aromatic carbocycles. The number of nitrogens with zero attached hydrogens (tertiary/aromatic N) is 2. The molecule has 148 valence electrons. The third-order valence-corrected chi connectivity index (χ3v) is 6.73. The van der Waals surface area contributed by atoms with E-state index in [1.807, 2.05) is 30.5 Å². The van der Waals surface area contributed by atoms with Crippen molar-refractivity contribution in [1.29, 1.82) is 0 Å². The number of aliphatic hydroxyl groups is 1. The molecule has 5 heteroatoms. The molecule has 2 fully saturated rings. The molecule has 1 saturated carbocycles. The second kappa shape index (κ2) is 8.62. The van der Waals surface area contributed by atoms with Crippen molar-refractivity contribution in [3.63, 3.8) is 0 Å². The minimum atomic E-state index is 0.0253. The summed E-state index contributed by atoms with van der Waals surface area (Å²) in [6.07, 6.45) is 9.28. The van der Waals surface area contributed by atoms with E-state index in [-0.39, 0.29) is 18.4 Å². The van der Waals surface area contributed by atoms with Crippen molar-refractivity contribution in [2.75, 3.05) is 13.2 Å². The first kappa shape index (κ1) is 19.4. The second-order valence-corrected chi connectivity index (χ2v) is 8.53. The van der Waals surface area contributed by atoms with Crippen molar-refractivity contribution >= 4 is 17.5 Å². The molecule has 2 aromatic rings. The summed E-state index contributed by atoms with van der Waals surface area (Å²) in [7, 11) is 0. The lowest BCUT2D eigenvalue weighted by Gasteiger charge is -2.34. The Labute approximate surface area is 171 Å². The van der Waals surface area contributed by atoms with Crippen LogP contribution >= 0.6 is 11.6 Å². The molecule has 1 saturated heterocycles. The van der Waals surface area contributed by atoms with Crippen molar-refractivity contribution in [2.45, 2.75) is 44.6 Å². The average Bonchev–Trinajstić information content (AvgIpc) is 3.10. The van der Waals surface area contributed by atoms with Gasteiger partial charge in [0.2, 0.25) is 5.91 Å². The zero-order chi connectivity index (χ0) is 19.5. The molecule has 1 aliphatic heterocycles. The lowest BCUT2D eigenvalue weighted by atomic mass is 9.86. The number of rotatable bonds is 5. The van der Waals surface area contributed by atoms with E-state index in [2.05, 4.69) is 16.0 Å². The first-order valence-corrected chi connectivity index (χ1v) is 10.6. The Kier molecular flexibility index (Phi) is 5.98. The van der Waals surface area contributed by atoms with E-state index in [0.29, 0.717) is 18.4 Å². The van der Waals surface area contributed by atoms with Gasteiger partial charge in [-0.15, -0.1) is 0 Å². The molecule has 28 heavy (non-hydrogen) atoms. The zero-order valence-electron chi connectivity index (χ0n) is 16.1. The summed E-state index contributed by atoms with van der Waals surface area (Å²) in [5.41, 5.74) is 3.12. The maximum Gasteiger partial charge on any atom is 0.226 e. The van der Waals surface area contributed by atoms with E-state index in [4.69, 9.17) is 11.6 Å². The number of hydrogen-bond donors (Lipinski definition) is 1. The fraction of sp³-hybridized carbons (Fsp3) is 0.478. The van der Waals surface area contributed by atoms with Gasteiger partial charge in [0.05, 0.1) is 0 Å². The van der Waals surface area contributed by atoms with E-state index >= 15 is 0 Å². The van der Waals surface area contributed by atoms with Gasteiger partial charge in [-0.25, -0.2) is 0 Å². The minimum absolute atomic E-state index is 0.0253. The van der Waals surface area contributed by atoms with Crippen LogP contribution in [0, 0.1) is 11.8 Å². The van der Waals surface area contributed by atoms with E-state index in [9.17, 15) is 9.90 Å². The molecule has 1 aromatic heterocycles. The Morgan fingerprint density at radius 3 is 2.61 bits per heavy atom. The number of likely N-dealkylation sites (tertiary alicyclic amines) is 1. The Bertz CT molecular complexity index is 819. The van der Waals surface area contributed by atoms with Crippen LogP contribution in [0.5, 0.6) is 0 Å². The Morgan fingerprint density at radius 2 is 1.93 bits per heavy atom. The highest BCUT2D eigenvalue weighted by molar-refractivity contribution is 6.31. The SMILES string of the molecule is O=C1C(Cc2ccc(-c3cccnc3)cc2Cl)CCN1C1CCC(CO)CC1. The number of benzene rings is 1. The largest absolute Gasteiger partial charge is 0.396 e. The Morgan fingerprint density at radius 1 is 1.11 bits per heavy atom. The molecule has 0 bridgehead atoms. The quantitative estimate of drug-likeness (QED) is 0.814. The summed E-state index contributed by atoms with van der Waals surface area (Å²) >= 11 is 6.55. The van der Waals surface area contributed by atoms with E-state index in [1.54, 1.807) is 6.20 Å². The van der Waals surface area contributed by atoms with Gasteiger partial charge in [0.1, 0.15) is 0 Å². The summed E-state index contributed by atoms with van der Waals surface area (Å²) in [4.78, 5) is 19.2. The lowest BCUT2D eigenvalue weighted by molar-refractivity contribution is -0.133. The van der Waals surface area contributed by atoms with Crippen LogP contribution in [0.25, 0.3) is 11.1 Å². The molecule has 4 rings (SSSR count). The van der Waals surface area contributed by atoms with Crippen LogP contribution in [0.4, 0.5) is 0 Å². The first-order chi connectivity index (χ1) is 13.7. The highest BCUT2D eigenvalue weighted by atomic mass is 35.5. The Hall–Kier alpha value is -1.91. The number of pyridine rings is 1. The Balaban J connectivity index is 1.40. The van der Waals surface area contributed by atoms with Crippen LogP contribution in [0.3, 0.4) is 0 Å². The highest BCUT2D eigenvalue weighted by Gasteiger charge is 2.37. The molecule has 1 atom stereocenters. The number of carbonyl (C=O) groups is 1. The number of hydrogen-bond acceptors (Lipinski definition) is 3. The summed E-state index contributed by atoms with van der Waals surface area (Å²) in [6, 6.07) is 10.4. The van der Waals surface area contributed by atoms with E-state index in [0.717, 1.165) is 60.4 Å². The number of carbonyl (C=O) groups excluding carboxylic acids is 1. The first-order valence-electron chi connectivity index (χ1n) is 10.3. The molecule has 1 unspecified atom stereocenters. The van der Waals surface area contributed by atoms with Gasteiger partial charge < -0.3 is 10.0 Å². The molecule has 0 spiro atoms. The van der Waals surface area contributed by atoms with Gasteiger partial charge >= 0.3 is 0 Å². The molecular weight excluding hydrogens is 372 g/mol. The van der Waals surface area contributed by atoms with Crippen LogP contribution in [0.1, 0.15) is 37.7 Å². The third kappa shape index (κ3) is 4.08. The average molecular weight is 399 g/mol. The molecule has 0 radical (unpaired) electrons. The van der Waals surface area contributed by atoms with Gasteiger partial charge in [0.15, 0.2) is 0 Å². The molecule has 1 aliphatic carbocycles. The van der Waals surface area contributed by atoms with Crippen molar-refractivity contribution in [3.8, 4) is 11.1 Å². The molecule has 1 N–H and O–H groups in total. The smallest absolute Gasteiger partial charge is 0.226 e. The maximum absolute atomic E-state index is 13.0. The standard InChI is InChI=1S/C23H27ClN2O2/c24-22-13-17(20-2-1-10-25-14-20)5-6-18(22)12-19-9-11-26(23(19)28)21-7-3-16(15-27)4-8-21/h1-2,5-6,10,13-14,16,19,21,27H,3-4,7-9,11-12,15H2. The van der Waals surface area contributed by atoms with Crippen molar-refractivity contribution in [2.24, 2.45) is 11.8 Å². The van der Waals surface area contributed by atoms with Gasteiger partial charge in [-0.05, 0) is 67.7 Å². The lowest BCUT2D eigenvalue weighted by Crippen LogP contribution is -2.40. The number of halogens is 1. The minimum Gasteiger partial charge on any atom is -0.396 e. The van der Waals surface area contributed by atoms with Crippen LogP contribution in [0.15, 0.2) is 42.7 Å². The van der Waals surface area contributed by atoms with Crippen LogP contribution < -0.4 is 0 Å². The van der Waals surface area contributed by atoms with Gasteiger partial charge in [0, 0.05) is 48.1 Å². The topological polar surface area (TPSA) is 53.4 Å². The zero-order valence-corrected chi connectivity index (χ0v) is 16.8. The number of aliphatic hydroxyl groups excluding tert-OH is 1. The summed E-state index contributed by atoms with van der Waals surface area (Å²) in [5, 5.41) is 10.0. The van der Waals surface area contributed by atoms with Gasteiger partial charge in [0.25, 0.3) is 0 Å². The number of amides is 1. The normalized spacial score (nSPS) is 25.3. The third-order valence-electron chi connectivity index (χ3n) is 6.38. The van der Waals surface area contributed by atoms with Crippen LogP contribution in [-0.4, -0.2) is 40.1 Å². The summed E-state index contributed by atoms with van der Waals surface area (Å²) in [6.45, 7) is 1.13. The summed E-state index contributed by atoms with van der Waals surface area (Å²) < 4.78 is 0. The highest BCUT2D eigenvalue weighted by Crippen LogP contribution is 2.34. The molecule has 2 heterocycles. The van der Waals surface area contributed by atoms with Gasteiger partial charge in [-0.3, -0.25) is 9.78 Å². The van der Waals surface area contributed by atoms with Crippen molar-refractivity contribution < 1.29 is 9.90 Å². The van der Waals surface area contributed by atoms with Gasteiger partial charge in [-0.2, -0.15) is 0 Å². The second-order valence-electron chi connectivity index (χ2n) is 8.13. The molecular formula is C23H27ClN2O2. The van der Waals surface area contributed by atoms with Crippen LogP contribution in [-0.2, 0) is 11.2 Å². The molecule has 1 amide bonds. The van der Waals surface area contributed by atoms with Crippen LogP contribution in [0.2, 0.25) is 5.02 Å². The van der Waals surface area contributed by atoms with Crippen molar-refractivity contribution in [3.05, 3.63) is 53.3 Å². The molecule has 4 nitrogen and oxygen atoms in total. The van der Waals surface area contributed by atoms with Crippen molar-refractivity contribution in [1.82, 2.24) is 9.88 Å². The predicted octanol–water partition coefficient (Wildman–Crippen LogP) is 4.34. The summed E-state index contributed by atoms with van der Waals surface area (Å²) in [5.74, 6) is 0.721. The monoisotopic (exact) mass is 398 g/mol. The van der Waals surface area contributed by atoms with E-state index in [1.165, 1.54) is 0 Å². The maximum atomic E-state index is 13.0. The predicted molar refractivity (Wildman–Crippen MR) is 111 cm³/mol. The van der Waals surface area contributed by atoms with Gasteiger partial charge in [-0.1, -0.05) is 29.8 Å². The fourth-order valence-corrected chi connectivity index (χ4v) is 4.90. The molecule has 2 aliphatic rings.